The van der Waals surface area contributed by atoms with Crippen molar-refractivity contribution < 1.29 is 14.7 Å². The summed E-state index contributed by atoms with van der Waals surface area (Å²) < 4.78 is 0. The van der Waals surface area contributed by atoms with Crippen LogP contribution in [0.4, 0.5) is 0 Å². The maximum Gasteiger partial charge on any atom is 0.305 e. The quantitative estimate of drug-likeness (QED) is 0.883. The minimum atomic E-state index is -0.956. The number of benzene rings is 1. The van der Waals surface area contributed by atoms with Crippen LogP contribution in [0, 0.1) is 6.92 Å². The summed E-state index contributed by atoms with van der Waals surface area (Å²) in [4.78, 5) is 22.7. The van der Waals surface area contributed by atoms with E-state index in [-0.39, 0.29) is 12.3 Å². The molecular weight excluding hydrogens is 254 g/mol. The van der Waals surface area contributed by atoms with Gasteiger partial charge in [-0.2, -0.15) is 0 Å². The number of carboxylic acid groups (broad SMARTS) is 1. The Morgan fingerprint density at radius 2 is 1.94 bits per heavy atom. The average Bonchev–Trinajstić information content (AvgIpc) is 2.12. The Labute approximate surface area is 111 Å². The summed E-state index contributed by atoms with van der Waals surface area (Å²) in [6.45, 7) is 5.16. The van der Waals surface area contributed by atoms with Gasteiger partial charge in [0.1, 0.15) is 0 Å². The fourth-order valence-corrected chi connectivity index (χ4v) is 1.96. The zero-order valence-corrected chi connectivity index (χ0v) is 11.3. The number of carbonyl (C=O) groups is 2. The minimum Gasteiger partial charge on any atom is -0.481 e. The molecule has 1 rings (SSSR count). The van der Waals surface area contributed by atoms with E-state index in [1.807, 2.05) is 6.92 Å². The number of aliphatic carboxylic acids is 1. The van der Waals surface area contributed by atoms with Gasteiger partial charge in [0, 0.05) is 16.1 Å². The van der Waals surface area contributed by atoms with E-state index in [0.29, 0.717) is 10.6 Å². The molecule has 1 amide bonds. The van der Waals surface area contributed by atoms with Gasteiger partial charge in [-0.05, 0) is 44.5 Å². The Morgan fingerprint density at radius 1 is 1.33 bits per heavy atom. The van der Waals surface area contributed by atoms with Crippen molar-refractivity contribution in [1.29, 1.82) is 0 Å². The second-order valence-electron chi connectivity index (χ2n) is 4.93. The van der Waals surface area contributed by atoms with E-state index >= 15 is 0 Å². The fourth-order valence-electron chi connectivity index (χ4n) is 1.67. The van der Waals surface area contributed by atoms with E-state index in [1.54, 1.807) is 32.0 Å². The van der Waals surface area contributed by atoms with E-state index in [0.717, 1.165) is 5.56 Å². The Hall–Kier alpha value is -1.55. The SMILES string of the molecule is Cc1cc(Cl)cc(C(=O)NC(C)(C)CC(=O)O)c1. The van der Waals surface area contributed by atoms with Crippen molar-refractivity contribution in [1.82, 2.24) is 5.32 Å². The Morgan fingerprint density at radius 3 is 2.44 bits per heavy atom. The van der Waals surface area contributed by atoms with E-state index in [2.05, 4.69) is 5.32 Å². The number of hydrogen-bond donors (Lipinski definition) is 2. The Bertz CT molecular complexity index is 463. The smallest absolute Gasteiger partial charge is 0.305 e. The van der Waals surface area contributed by atoms with Gasteiger partial charge in [-0.3, -0.25) is 9.59 Å². The Balaban J connectivity index is 2.85. The highest BCUT2D eigenvalue weighted by atomic mass is 35.5. The van der Waals surface area contributed by atoms with Crippen LogP contribution in [-0.2, 0) is 4.79 Å². The maximum absolute atomic E-state index is 12.0. The fraction of sp³-hybridized carbons (Fsp3) is 0.385. The number of amides is 1. The largest absolute Gasteiger partial charge is 0.481 e. The van der Waals surface area contributed by atoms with Gasteiger partial charge in [0.05, 0.1) is 6.42 Å². The van der Waals surface area contributed by atoms with Crippen molar-refractivity contribution in [3.05, 3.63) is 34.3 Å². The molecule has 1 aromatic carbocycles. The normalized spacial score (nSPS) is 11.1. The lowest BCUT2D eigenvalue weighted by Crippen LogP contribution is -2.44. The van der Waals surface area contributed by atoms with Gasteiger partial charge in [0.15, 0.2) is 0 Å². The summed E-state index contributed by atoms with van der Waals surface area (Å²) in [6.07, 6.45) is -0.141. The van der Waals surface area contributed by atoms with Gasteiger partial charge in [-0.25, -0.2) is 0 Å². The summed E-state index contributed by atoms with van der Waals surface area (Å²) in [6, 6.07) is 5.01. The molecule has 5 heteroatoms. The van der Waals surface area contributed by atoms with Crippen molar-refractivity contribution >= 4 is 23.5 Å². The van der Waals surface area contributed by atoms with Crippen molar-refractivity contribution in [3.63, 3.8) is 0 Å². The van der Waals surface area contributed by atoms with Crippen LogP contribution >= 0.6 is 11.6 Å². The molecule has 0 radical (unpaired) electrons. The van der Waals surface area contributed by atoms with E-state index in [1.165, 1.54) is 0 Å². The van der Waals surface area contributed by atoms with Crippen LogP contribution in [0.1, 0.15) is 36.2 Å². The monoisotopic (exact) mass is 269 g/mol. The van der Waals surface area contributed by atoms with Crippen molar-refractivity contribution in [2.45, 2.75) is 32.7 Å². The first-order valence-corrected chi connectivity index (χ1v) is 5.89. The molecule has 98 valence electrons. The zero-order valence-electron chi connectivity index (χ0n) is 10.6. The number of carboxylic acids is 1. The average molecular weight is 270 g/mol. The van der Waals surface area contributed by atoms with Gasteiger partial charge < -0.3 is 10.4 Å². The molecule has 1 aromatic rings. The van der Waals surface area contributed by atoms with Crippen molar-refractivity contribution in [2.75, 3.05) is 0 Å². The van der Waals surface area contributed by atoms with Gasteiger partial charge in [0.25, 0.3) is 5.91 Å². The molecule has 0 bridgehead atoms. The molecule has 0 heterocycles. The number of carbonyl (C=O) groups excluding carboxylic acids is 1. The van der Waals surface area contributed by atoms with Crippen LogP contribution < -0.4 is 5.32 Å². The van der Waals surface area contributed by atoms with Gasteiger partial charge in [-0.1, -0.05) is 11.6 Å². The van der Waals surface area contributed by atoms with E-state index < -0.39 is 11.5 Å². The number of nitrogens with one attached hydrogen (secondary N) is 1. The second kappa shape index (κ2) is 5.40. The summed E-state index contributed by atoms with van der Waals surface area (Å²) >= 11 is 5.88. The zero-order chi connectivity index (χ0) is 13.9. The molecule has 0 aliphatic heterocycles. The van der Waals surface area contributed by atoms with Crippen LogP contribution in [0.2, 0.25) is 5.02 Å². The third-order valence-corrected chi connectivity index (χ3v) is 2.57. The van der Waals surface area contributed by atoms with Crippen LogP contribution in [0.25, 0.3) is 0 Å². The van der Waals surface area contributed by atoms with E-state index in [4.69, 9.17) is 16.7 Å². The lowest BCUT2D eigenvalue weighted by atomic mass is 10.00. The number of rotatable bonds is 4. The molecule has 0 spiro atoms. The van der Waals surface area contributed by atoms with Crippen molar-refractivity contribution in [3.8, 4) is 0 Å². The predicted octanol–water partition coefficient (Wildman–Crippen LogP) is 2.63. The minimum absolute atomic E-state index is 0.141. The summed E-state index contributed by atoms with van der Waals surface area (Å²) in [5.41, 5.74) is 0.501. The highest BCUT2D eigenvalue weighted by Gasteiger charge is 2.24. The van der Waals surface area contributed by atoms with Gasteiger partial charge >= 0.3 is 5.97 Å². The lowest BCUT2D eigenvalue weighted by Gasteiger charge is -2.24. The molecule has 0 aromatic heterocycles. The van der Waals surface area contributed by atoms with Crippen LogP contribution in [-0.4, -0.2) is 22.5 Å². The first-order chi connectivity index (χ1) is 8.19. The second-order valence-corrected chi connectivity index (χ2v) is 5.36. The lowest BCUT2D eigenvalue weighted by molar-refractivity contribution is -0.138. The topological polar surface area (TPSA) is 66.4 Å². The molecule has 0 saturated heterocycles. The molecule has 4 nitrogen and oxygen atoms in total. The van der Waals surface area contributed by atoms with Crippen LogP contribution in [0.3, 0.4) is 0 Å². The van der Waals surface area contributed by atoms with Gasteiger partial charge in [0.2, 0.25) is 0 Å². The van der Waals surface area contributed by atoms with Crippen molar-refractivity contribution in [2.24, 2.45) is 0 Å². The molecule has 0 saturated carbocycles. The molecule has 18 heavy (non-hydrogen) atoms. The van der Waals surface area contributed by atoms with E-state index in [9.17, 15) is 9.59 Å². The molecule has 0 aliphatic rings. The molecule has 0 fully saturated rings. The summed E-state index contributed by atoms with van der Waals surface area (Å²) in [7, 11) is 0. The summed E-state index contributed by atoms with van der Waals surface area (Å²) in [5.74, 6) is -1.28. The number of aryl methyl sites for hydroxylation is 1. The van der Waals surface area contributed by atoms with Crippen LogP contribution in [0.15, 0.2) is 18.2 Å². The first kappa shape index (κ1) is 14.5. The molecule has 0 unspecified atom stereocenters. The molecule has 2 N–H and O–H groups in total. The molecule has 0 atom stereocenters. The van der Waals surface area contributed by atoms with Gasteiger partial charge in [-0.15, -0.1) is 0 Å². The standard InChI is InChI=1S/C13H16ClNO3/c1-8-4-9(6-10(14)5-8)12(18)15-13(2,3)7-11(16)17/h4-6H,7H2,1-3H3,(H,15,18)(H,16,17). The number of halogens is 1. The molecular formula is C13H16ClNO3. The Kier molecular flexibility index (Phi) is 4.35. The van der Waals surface area contributed by atoms with Crippen LogP contribution in [0.5, 0.6) is 0 Å². The number of hydrogen-bond acceptors (Lipinski definition) is 2. The third-order valence-electron chi connectivity index (χ3n) is 2.35. The third kappa shape index (κ3) is 4.37. The first-order valence-electron chi connectivity index (χ1n) is 5.51. The summed E-state index contributed by atoms with van der Waals surface area (Å²) in [5, 5.41) is 11.9. The highest BCUT2D eigenvalue weighted by Crippen LogP contribution is 2.16. The molecule has 0 aliphatic carbocycles. The maximum atomic E-state index is 12.0. The highest BCUT2D eigenvalue weighted by molar-refractivity contribution is 6.31. The predicted molar refractivity (Wildman–Crippen MR) is 70.0 cm³/mol.